The van der Waals surface area contributed by atoms with Gasteiger partial charge in [-0.1, -0.05) is 29.4 Å². The van der Waals surface area contributed by atoms with Crippen LogP contribution in [-0.2, 0) is 6.42 Å². The summed E-state index contributed by atoms with van der Waals surface area (Å²) >= 11 is 1.58. The van der Waals surface area contributed by atoms with Crippen molar-refractivity contribution in [2.45, 2.75) is 13.3 Å². The normalized spacial score (nSPS) is 10.8. The maximum Gasteiger partial charge on any atom is 0.276 e. The molecule has 1 amide bonds. The van der Waals surface area contributed by atoms with Crippen LogP contribution < -0.4 is 5.32 Å². The Bertz CT molecular complexity index is 1040. The van der Waals surface area contributed by atoms with Crippen molar-refractivity contribution in [1.82, 2.24) is 20.3 Å². The number of carbonyl (C=O) groups excluding carboxylic acids is 1. The minimum atomic E-state index is -0.279. The second-order valence-electron chi connectivity index (χ2n) is 5.67. The molecule has 0 fully saturated rings. The highest BCUT2D eigenvalue weighted by Crippen LogP contribution is 2.24. The third kappa shape index (κ3) is 3.40. The lowest BCUT2D eigenvalue weighted by Crippen LogP contribution is -2.14. The summed E-state index contributed by atoms with van der Waals surface area (Å²) in [4.78, 5) is 17.8. The molecule has 0 spiro atoms. The minimum absolute atomic E-state index is 0.279. The second-order valence-corrected chi connectivity index (χ2v) is 6.62. The predicted octanol–water partition coefficient (Wildman–Crippen LogP) is 3.67. The first-order valence-electron chi connectivity index (χ1n) is 7.97. The Labute approximate surface area is 153 Å². The summed E-state index contributed by atoms with van der Waals surface area (Å²) in [6, 6.07) is 13.2. The third-order valence-corrected chi connectivity index (χ3v) is 4.68. The zero-order chi connectivity index (χ0) is 17.9. The molecule has 0 atom stereocenters. The van der Waals surface area contributed by atoms with Crippen molar-refractivity contribution in [3.63, 3.8) is 0 Å². The fourth-order valence-corrected chi connectivity index (χ4v) is 3.25. The SMILES string of the molecule is Cc1noc(Cc2ccccc2NC(=O)c2cc(-c3cccs3)[nH]n2)n1. The molecule has 3 heterocycles. The molecule has 7 nitrogen and oxygen atoms in total. The smallest absolute Gasteiger partial charge is 0.276 e. The van der Waals surface area contributed by atoms with Gasteiger partial charge >= 0.3 is 0 Å². The van der Waals surface area contributed by atoms with Gasteiger partial charge < -0.3 is 9.84 Å². The van der Waals surface area contributed by atoms with E-state index in [0.29, 0.717) is 29.5 Å². The molecular formula is C18H15N5O2S. The van der Waals surface area contributed by atoms with Crippen LogP contribution in [0.1, 0.15) is 27.8 Å². The zero-order valence-corrected chi connectivity index (χ0v) is 14.7. The summed E-state index contributed by atoms with van der Waals surface area (Å²) in [5, 5.41) is 15.7. The number of thiophene rings is 1. The number of aryl methyl sites for hydroxylation is 1. The van der Waals surface area contributed by atoms with E-state index in [1.165, 1.54) is 0 Å². The van der Waals surface area contributed by atoms with Crippen LogP contribution in [0.2, 0.25) is 0 Å². The zero-order valence-electron chi connectivity index (χ0n) is 13.9. The number of rotatable bonds is 5. The van der Waals surface area contributed by atoms with Crippen LogP contribution in [0.15, 0.2) is 52.4 Å². The van der Waals surface area contributed by atoms with Gasteiger partial charge in [-0.3, -0.25) is 9.89 Å². The van der Waals surface area contributed by atoms with Crippen LogP contribution in [0.4, 0.5) is 5.69 Å². The van der Waals surface area contributed by atoms with E-state index in [1.54, 1.807) is 24.3 Å². The molecule has 1 aromatic carbocycles. The molecule has 26 heavy (non-hydrogen) atoms. The summed E-state index contributed by atoms with van der Waals surface area (Å²) in [7, 11) is 0. The van der Waals surface area contributed by atoms with E-state index in [9.17, 15) is 4.79 Å². The highest BCUT2D eigenvalue weighted by molar-refractivity contribution is 7.13. The van der Waals surface area contributed by atoms with Gasteiger partial charge in [-0.05, 0) is 36.1 Å². The molecule has 3 aromatic heterocycles. The van der Waals surface area contributed by atoms with Crippen molar-refractivity contribution in [1.29, 1.82) is 0 Å². The van der Waals surface area contributed by atoms with Gasteiger partial charge in [0.1, 0.15) is 0 Å². The topological polar surface area (TPSA) is 96.7 Å². The Morgan fingerprint density at radius 1 is 1.27 bits per heavy atom. The number of H-pyrrole nitrogens is 1. The number of hydrogen-bond acceptors (Lipinski definition) is 6. The summed E-state index contributed by atoms with van der Waals surface area (Å²) in [5.41, 5.74) is 2.73. The molecule has 0 saturated heterocycles. The van der Waals surface area contributed by atoms with Gasteiger partial charge in [0.15, 0.2) is 11.5 Å². The number of para-hydroxylation sites is 1. The summed E-state index contributed by atoms with van der Waals surface area (Å²) < 4.78 is 5.17. The van der Waals surface area contributed by atoms with Gasteiger partial charge in [-0.25, -0.2) is 0 Å². The van der Waals surface area contributed by atoms with Crippen molar-refractivity contribution >= 4 is 22.9 Å². The van der Waals surface area contributed by atoms with E-state index in [1.807, 2.05) is 41.8 Å². The molecule has 4 aromatic rings. The Hall–Kier alpha value is -3.26. The molecule has 0 saturated carbocycles. The number of aromatic amines is 1. The standard InChI is InChI=1S/C18H15N5O2S/c1-11-19-17(25-23-11)9-12-5-2-3-6-13(12)20-18(24)15-10-14(21-22-15)16-7-4-8-26-16/h2-8,10H,9H2,1H3,(H,20,24)(H,21,22). The number of nitrogens with one attached hydrogen (secondary N) is 2. The maximum absolute atomic E-state index is 12.6. The quantitative estimate of drug-likeness (QED) is 0.562. The minimum Gasteiger partial charge on any atom is -0.339 e. The van der Waals surface area contributed by atoms with Crippen molar-refractivity contribution in [3.05, 3.63) is 70.8 Å². The molecule has 4 rings (SSSR count). The highest BCUT2D eigenvalue weighted by Gasteiger charge is 2.15. The molecule has 130 valence electrons. The Kier molecular flexibility index (Phi) is 4.32. The van der Waals surface area contributed by atoms with Gasteiger partial charge in [-0.15, -0.1) is 11.3 Å². The van der Waals surface area contributed by atoms with Gasteiger partial charge in [0.2, 0.25) is 5.89 Å². The molecule has 0 bridgehead atoms. The number of aromatic nitrogens is 4. The van der Waals surface area contributed by atoms with Crippen molar-refractivity contribution in [2.75, 3.05) is 5.32 Å². The van der Waals surface area contributed by atoms with E-state index in [2.05, 4.69) is 25.7 Å². The van der Waals surface area contributed by atoms with E-state index < -0.39 is 0 Å². The molecule has 0 aliphatic rings. The second kappa shape index (κ2) is 6.93. The molecule has 0 aliphatic carbocycles. The number of carbonyl (C=O) groups is 1. The summed E-state index contributed by atoms with van der Waals surface area (Å²) in [6.07, 6.45) is 0.443. The number of amides is 1. The molecule has 0 radical (unpaired) electrons. The van der Waals surface area contributed by atoms with Crippen LogP contribution in [0.3, 0.4) is 0 Å². The first kappa shape index (κ1) is 16.2. The van der Waals surface area contributed by atoms with E-state index in [-0.39, 0.29) is 5.91 Å². The fraction of sp³-hybridized carbons (Fsp3) is 0.111. The number of anilines is 1. The van der Waals surface area contributed by atoms with Crippen molar-refractivity contribution in [2.24, 2.45) is 0 Å². The summed E-state index contributed by atoms with van der Waals surface area (Å²) in [6.45, 7) is 1.77. The van der Waals surface area contributed by atoms with E-state index in [0.717, 1.165) is 16.1 Å². The van der Waals surface area contributed by atoms with Gasteiger partial charge in [0.25, 0.3) is 5.91 Å². The van der Waals surface area contributed by atoms with Gasteiger partial charge in [0.05, 0.1) is 17.0 Å². The largest absolute Gasteiger partial charge is 0.339 e. The first-order valence-corrected chi connectivity index (χ1v) is 8.85. The Balaban J connectivity index is 1.53. The molecule has 0 unspecified atom stereocenters. The number of benzene rings is 1. The monoisotopic (exact) mass is 365 g/mol. The predicted molar refractivity (Wildman–Crippen MR) is 98.1 cm³/mol. The van der Waals surface area contributed by atoms with Crippen molar-refractivity contribution < 1.29 is 9.32 Å². The molecular weight excluding hydrogens is 350 g/mol. The lowest BCUT2D eigenvalue weighted by atomic mass is 10.1. The van der Waals surface area contributed by atoms with Crippen LogP contribution in [0.5, 0.6) is 0 Å². The molecule has 0 aliphatic heterocycles. The van der Waals surface area contributed by atoms with Crippen LogP contribution in [-0.4, -0.2) is 26.2 Å². The Morgan fingerprint density at radius 3 is 2.92 bits per heavy atom. The van der Waals surface area contributed by atoms with Crippen LogP contribution in [0.25, 0.3) is 10.6 Å². The maximum atomic E-state index is 12.6. The third-order valence-electron chi connectivity index (χ3n) is 3.77. The van der Waals surface area contributed by atoms with Gasteiger partial charge in [-0.2, -0.15) is 10.1 Å². The van der Waals surface area contributed by atoms with E-state index in [4.69, 9.17) is 4.52 Å². The molecule has 8 heteroatoms. The fourth-order valence-electron chi connectivity index (χ4n) is 2.55. The van der Waals surface area contributed by atoms with Gasteiger partial charge in [0, 0.05) is 5.69 Å². The first-order chi connectivity index (χ1) is 12.7. The average molecular weight is 365 g/mol. The summed E-state index contributed by atoms with van der Waals surface area (Å²) in [5.74, 6) is 0.807. The average Bonchev–Trinajstić information content (AvgIpc) is 3.37. The molecule has 2 N–H and O–H groups in total. The van der Waals surface area contributed by atoms with Crippen LogP contribution >= 0.6 is 11.3 Å². The van der Waals surface area contributed by atoms with Crippen LogP contribution in [0, 0.1) is 6.92 Å². The Morgan fingerprint density at radius 2 is 2.15 bits per heavy atom. The lowest BCUT2D eigenvalue weighted by Gasteiger charge is -2.08. The lowest BCUT2D eigenvalue weighted by molar-refractivity contribution is 0.102. The van der Waals surface area contributed by atoms with E-state index >= 15 is 0 Å². The number of nitrogens with zero attached hydrogens (tertiary/aromatic N) is 3. The number of hydrogen-bond donors (Lipinski definition) is 2. The highest BCUT2D eigenvalue weighted by atomic mass is 32.1. The van der Waals surface area contributed by atoms with Crippen molar-refractivity contribution in [3.8, 4) is 10.6 Å².